The second-order valence-corrected chi connectivity index (χ2v) is 16.4. The Hall–Kier alpha value is -7.85. The van der Waals surface area contributed by atoms with E-state index in [1.165, 1.54) is 0 Å². The maximum absolute atomic E-state index is 14.6. The van der Waals surface area contributed by atoms with E-state index in [1.807, 2.05) is 135 Å². The summed E-state index contributed by atoms with van der Waals surface area (Å²) >= 11 is 0. The van der Waals surface area contributed by atoms with Crippen LogP contribution < -0.4 is 30.2 Å². The molecule has 0 heterocycles. The van der Waals surface area contributed by atoms with Crippen LogP contribution in [0.15, 0.2) is 170 Å². The van der Waals surface area contributed by atoms with Crippen LogP contribution in [0.25, 0.3) is 11.1 Å². The normalized spacial score (nSPS) is 12.6. The molecule has 66 heavy (non-hydrogen) atoms. The number of methoxy groups -OCH3 is 2. The lowest BCUT2D eigenvalue weighted by Gasteiger charge is -2.26. The van der Waals surface area contributed by atoms with Crippen LogP contribution >= 0.6 is 0 Å². The summed E-state index contributed by atoms with van der Waals surface area (Å²) in [5.74, 6) is 0.649. The second kappa shape index (κ2) is 20.8. The lowest BCUT2D eigenvalue weighted by atomic mass is 9.96. The van der Waals surface area contributed by atoms with Crippen LogP contribution in [0.4, 0.5) is 4.79 Å². The average Bonchev–Trinajstić information content (AvgIpc) is 3.67. The number of hydrogen-bond acceptors (Lipinski definition) is 7. The fraction of sp³-hybridized carbons (Fsp3) is 0.196. The third-order valence-electron chi connectivity index (χ3n) is 12.0. The lowest BCUT2D eigenvalue weighted by molar-refractivity contribution is -0.124. The van der Waals surface area contributed by atoms with Gasteiger partial charge in [-0.1, -0.05) is 151 Å². The molecule has 3 amide bonds. The van der Waals surface area contributed by atoms with Crippen molar-refractivity contribution >= 4 is 17.9 Å². The first-order valence-electron chi connectivity index (χ1n) is 22.0. The Morgan fingerprint density at radius 3 is 1.70 bits per heavy atom. The number of ether oxygens (including phenoxy) is 4. The molecule has 10 nitrogen and oxygen atoms in total. The summed E-state index contributed by atoms with van der Waals surface area (Å²) in [4.78, 5) is 41.8. The number of alkyl carbamates (subject to hydrolysis) is 1. The van der Waals surface area contributed by atoms with E-state index in [4.69, 9.17) is 18.9 Å². The van der Waals surface area contributed by atoms with E-state index in [2.05, 4.69) is 40.2 Å². The minimum absolute atomic E-state index is 0.0986. The first-order valence-corrected chi connectivity index (χ1v) is 22.0. The number of carbonyl (C=O) groups is 3. The molecule has 3 N–H and O–H groups in total. The molecule has 7 aromatic rings. The number of hydrogen-bond donors (Lipinski definition) is 3. The highest BCUT2D eigenvalue weighted by molar-refractivity contribution is 5.87. The number of aryl methyl sites for hydroxylation is 2. The van der Waals surface area contributed by atoms with E-state index < -0.39 is 24.1 Å². The summed E-state index contributed by atoms with van der Waals surface area (Å²) in [7, 11) is 3.12. The van der Waals surface area contributed by atoms with Crippen molar-refractivity contribution in [2.45, 2.75) is 44.3 Å². The summed E-state index contributed by atoms with van der Waals surface area (Å²) in [5, 5.41) is 9.24. The molecule has 0 saturated heterocycles. The van der Waals surface area contributed by atoms with E-state index in [-0.39, 0.29) is 37.5 Å². The first kappa shape index (κ1) is 44.7. The highest BCUT2D eigenvalue weighted by Crippen LogP contribution is 2.44. The summed E-state index contributed by atoms with van der Waals surface area (Å²) in [5.41, 5.74) is 10.8. The van der Waals surface area contributed by atoms with Crippen LogP contribution in [0.1, 0.15) is 68.1 Å². The van der Waals surface area contributed by atoms with Crippen molar-refractivity contribution in [1.82, 2.24) is 16.0 Å². The maximum Gasteiger partial charge on any atom is 0.407 e. The molecular weight excluding hydrogens is 827 g/mol. The summed E-state index contributed by atoms with van der Waals surface area (Å²) in [6.07, 6.45) is -0.506. The van der Waals surface area contributed by atoms with Gasteiger partial charge in [-0.2, -0.15) is 0 Å². The molecule has 0 saturated carbocycles. The SMILES string of the molecule is COc1ccc(C(NC(=O)[C@@H](Cc2ccccc2)NC(=O)OCC2c3ccccc3-c3ccccc32)c2ccc(OCC(=O)NC(c3ccc(C)cc3)c3ccc(C)cc3)cc2)c(OC)c1. The Morgan fingerprint density at radius 2 is 1.11 bits per heavy atom. The Morgan fingerprint density at radius 1 is 0.561 bits per heavy atom. The zero-order valence-electron chi connectivity index (χ0n) is 37.5. The lowest BCUT2D eigenvalue weighted by Crippen LogP contribution is -2.49. The summed E-state index contributed by atoms with van der Waals surface area (Å²) in [6.45, 7) is 3.94. The molecule has 0 aliphatic heterocycles. The minimum Gasteiger partial charge on any atom is -0.497 e. The number of benzene rings is 7. The van der Waals surface area contributed by atoms with Gasteiger partial charge >= 0.3 is 6.09 Å². The maximum atomic E-state index is 14.6. The van der Waals surface area contributed by atoms with Crippen molar-refractivity contribution < 1.29 is 33.3 Å². The Balaban J connectivity index is 0.998. The fourth-order valence-corrected chi connectivity index (χ4v) is 8.47. The molecule has 0 fully saturated rings. The van der Waals surface area contributed by atoms with Gasteiger partial charge in [0.25, 0.3) is 5.91 Å². The molecule has 0 aromatic heterocycles. The summed E-state index contributed by atoms with van der Waals surface area (Å²) < 4.78 is 23.3. The molecule has 334 valence electrons. The van der Waals surface area contributed by atoms with Crippen LogP contribution in [0, 0.1) is 13.8 Å². The molecule has 0 spiro atoms. The highest BCUT2D eigenvalue weighted by atomic mass is 16.5. The Labute approximate surface area is 385 Å². The molecule has 1 unspecified atom stereocenters. The average molecular weight is 880 g/mol. The van der Waals surface area contributed by atoms with Crippen LogP contribution in [-0.2, 0) is 20.7 Å². The monoisotopic (exact) mass is 879 g/mol. The fourth-order valence-electron chi connectivity index (χ4n) is 8.47. The third-order valence-corrected chi connectivity index (χ3v) is 12.0. The molecule has 2 atom stereocenters. The zero-order chi connectivity index (χ0) is 46.0. The van der Waals surface area contributed by atoms with Gasteiger partial charge < -0.3 is 34.9 Å². The minimum atomic E-state index is -1.01. The molecule has 0 bridgehead atoms. The quantitative estimate of drug-likeness (QED) is 0.0832. The molecule has 10 heteroatoms. The van der Waals surface area contributed by atoms with Crippen molar-refractivity contribution in [3.63, 3.8) is 0 Å². The molecule has 7 aromatic carbocycles. The number of carbonyl (C=O) groups excluding carboxylic acids is 3. The van der Waals surface area contributed by atoms with Gasteiger partial charge in [0.05, 0.1) is 26.3 Å². The second-order valence-electron chi connectivity index (χ2n) is 16.4. The van der Waals surface area contributed by atoms with Crippen molar-refractivity contribution in [3.05, 3.63) is 220 Å². The predicted molar refractivity (Wildman–Crippen MR) is 256 cm³/mol. The van der Waals surface area contributed by atoms with Gasteiger partial charge in [0.15, 0.2) is 6.61 Å². The van der Waals surface area contributed by atoms with E-state index in [9.17, 15) is 14.4 Å². The summed E-state index contributed by atoms with van der Waals surface area (Å²) in [6, 6.07) is 52.4. The third kappa shape index (κ3) is 10.6. The topological polar surface area (TPSA) is 124 Å². The van der Waals surface area contributed by atoms with Crippen LogP contribution in [-0.4, -0.2) is 51.4 Å². The largest absolute Gasteiger partial charge is 0.497 e. The van der Waals surface area contributed by atoms with Gasteiger partial charge in [-0.3, -0.25) is 9.59 Å². The van der Waals surface area contributed by atoms with Gasteiger partial charge in [-0.25, -0.2) is 4.79 Å². The Kier molecular flexibility index (Phi) is 14.1. The van der Waals surface area contributed by atoms with Crippen molar-refractivity contribution in [1.29, 1.82) is 0 Å². The number of fused-ring (bicyclic) bond motifs is 3. The van der Waals surface area contributed by atoms with Crippen molar-refractivity contribution in [3.8, 4) is 28.4 Å². The van der Waals surface area contributed by atoms with Gasteiger partial charge in [-0.15, -0.1) is 0 Å². The predicted octanol–water partition coefficient (Wildman–Crippen LogP) is 9.96. The molecule has 8 rings (SSSR count). The first-order chi connectivity index (χ1) is 32.2. The van der Waals surface area contributed by atoms with Crippen molar-refractivity contribution in [2.75, 3.05) is 27.4 Å². The van der Waals surface area contributed by atoms with E-state index in [0.29, 0.717) is 28.4 Å². The molecule has 1 aliphatic carbocycles. The number of rotatable bonds is 17. The molecule has 0 radical (unpaired) electrons. The van der Waals surface area contributed by atoms with E-state index in [0.717, 1.165) is 50.1 Å². The smallest absolute Gasteiger partial charge is 0.407 e. The van der Waals surface area contributed by atoms with E-state index >= 15 is 0 Å². The number of nitrogens with one attached hydrogen (secondary N) is 3. The van der Waals surface area contributed by atoms with Crippen LogP contribution in [0.5, 0.6) is 17.2 Å². The van der Waals surface area contributed by atoms with Gasteiger partial charge in [0.2, 0.25) is 5.91 Å². The van der Waals surface area contributed by atoms with Gasteiger partial charge in [0.1, 0.15) is 29.9 Å². The van der Waals surface area contributed by atoms with Gasteiger partial charge in [0, 0.05) is 24.0 Å². The molecule has 1 aliphatic rings. The van der Waals surface area contributed by atoms with Crippen molar-refractivity contribution in [2.24, 2.45) is 0 Å². The molecular formula is C56H53N3O7. The van der Waals surface area contributed by atoms with Crippen LogP contribution in [0.2, 0.25) is 0 Å². The van der Waals surface area contributed by atoms with Gasteiger partial charge in [-0.05, 0) is 82.6 Å². The Bertz CT molecular complexity index is 2680. The standard InChI is InChI=1S/C56H53N3O7/c1-36-18-22-39(23-19-36)53(40-24-20-37(2)21-25-40)58-52(60)35-65-42-28-26-41(27-29-42)54(48-31-30-43(63-3)33-51(48)64-4)59-55(61)50(32-38-12-6-5-7-13-38)57-56(62)66-34-49-46-16-10-8-14-44(46)45-15-9-11-17-47(45)49/h5-31,33,49-50,53-54H,32,34-35H2,1-4H3,(H,57,62)(H,58,60)(H,59,61)/t50-,54?/m1/s1. The van der Waals surface area contributed by atoms with Crippen LogP contribution in [0.3, 0.4) is 0 Å². The van der Waals surface area contributed by atoms with E-state index in [1.54, 1.807) is 38.5 Å². The zero-order valence-corrected chi connectivity index (χ0v) is 37.5. The highest BCUT2D eigenvalue weighted by Gasteiger charge is 2.31. The number of amides is 3.